The number of carbonyl (C=O) groups excluding carboxylic acids is 2. The maximum Gasteiger partial charge on any atom is 0.211 e. The molecule has 0 bridgehead atoms. The number of benzene rings is 2. The number of hydrogen-bond donors (Lipinski definition) is 2. The van der Waals surface area contributed by atoms with E-state index in [0.717, 1.165) is 66.3 Å². The van der Waals surface area contributed by atoms with Gasteiger partial charge < -0.3 is 29.7 Å². The van der Waals surface area contributed by atoms with Crippen LogP contribution in [0.15, 0.2) is 65.0 Å². The van der Waals surface area contributed by atoms with Crippen LogP contribution in [0.4, 0.5) is 5.69 Å². The Kier molecular flexibility index (Phi) is 35.6. The number of ether oxygens (including phenoxy) is 2. The van der Waals surface area contributed by atoms with Crippen molar-refractivity contribution in [3.63, 3.8) is 0 Å². The summed E-state index contributed by atoms with van der Waals surface area (Å²) in [5, 5.41) is 11.5. The highest BCUT2D eigenvalue weighted by Gasteiger charge is 2.20. The van der Waals surface area contributed by atoms with Crippen LogP contribution in [0.3, 0.4) is 0 Å². The van der Waals surface area contributed by atoms with E-state index < -0.39 is 0 Å². The molecular weight excluding hydrogens is 730 g/mol. The lowest BCUT2D eigenvalue weighted by molar-refractivity contribution is -0.121. The summed E-state index contributed by atoms with van der Waals surface area (Å²) < 4.78 is 11.7. The number of nitrogens with one attached hydrogen (secondary N) is 1. The first kappa shape index (κ1) is 52.2. The van der Waals surface area contributed by atoms with Gasteiger partial charge in [0, 0.05) is 38.0 Å². The normalized spacial score (nSPS) is 14.2. The third-order valence-electron chi connectivity index (χ3n) is 8.23. The Labute approximate surface area is 333 Å². The number of halogens is 1. The number of aromatic hydroxyl groups is 1. The zero-order chi connectivity index (χ0) is 40.3. The van der Waals surface area contributed by atoms with Crippen LogP contribution in [0.1, 0.15) is 126 Å². The van der Waals surface area contributed by atoms with Crippen LogP contribution in [0.25, 0.3) is 0 Å². The molecule has 2 heterocycles. The molecule has 2 aromatic rings. The number of rotatable bonds is 13. The van der Waals surface area contributed by atoms with Crippen molar-refractivity contribution in [2.24, 2.45) is 5.92 Å². The van der Waals surface area contributed by atoms with Crippen LogP contribution >= 0.6 is 15.9 Å². The van der Waals surface area contributed by atoms with Crippen molar-refractivity contribution in [3.05, 3.63) is 70.5 Å². The van der Waals surface area contributed by atoms with Crippen LogP contribution in [0.5, 0.6) is 5.75 Å². The number of piperidine rings is 1. The first-order valence-electron chi connectivity index (χ1n) is 20.2. The van der Waals surface area contributed by atoms with Crippen LogP contribution in [-0.4, -0.2) is 79.1 Å². The van der Waals surface area contributed by atoms with Crippen LogP contribution in [-0.2, 0) is 19.1 Å². The van der Waals surface area contributed by atoms with Crippen molar-refractivity contribution >= 4 is 33.8 Å². The SMILES string of the molecule is CC.CCC=C(OCC(C)=O)N1CCC(C)CC1.CCCC.CCCN(CCC)C1CCOCC1.Cc1ccc(O)c(Br)c1.O=CNc1ccccc1. The number of anilines is 1. The Hall–Kier alpha value is -2.88. The van der Waals surface area contributed by atoms with E-state index in [1.807, 2.05) is 63.2 Å². The molecule has 53 heavy (non-hydrogen) atoms. The maximum atomic E-state index is 10.9. The fourth-order valence-electron chi connectivity index (χ4n) is 5.17. The van der Waals surface area contributed by atoms with Gasteiger partial charge in [-0.05, 0) is 130 Å². The molecule has 0 aliphatic carbocycles. The number of unbranched alkanes of at least 4 members (excludes halogenated alkanes) is 1. The summed E-state index contributed by atoms with van der Waals surface area (Å²) in [6.45, 7) is 27.5. The largest absolute Gasteiger partial charge is 0.507 e. The zero-order valence-corrected chi connectivity index (χ0v) is 36.7. The molecule has 8 nitrogen and oxygen atoms in total. The number of allylic oxidation sites excluding steroid dienone is 1. The molecule has 2 saturated heterocycles. The van der Waals surface area contributed by atoms with Gasteiger partial charge in [0.2, 0.25) is 6.41 Å². The average molecular weight is 807 g/mol. The molecular formula is C44H76BrN3O5. The van der Waals surface area contributed by atoms with Gasteiger partial charge in [-0.2, -0.15) is 0 Å². The molecule has 1 amide bonds. The summed E-state index contributed by atoms with van der Waals surface area (Å²) in [5.41, 5.74) is 1.96. The number of phenols is 1. The fourth-order valence-corrected chi connectivity index (χ4v) is 5.67. The Balaban J connectivity index is 0. The lowest BCUT2D eigenvalue weighted by atomic mass is 9.99. The molecule has 0 aromatic heterocycles. The number of Topliss-reactive ketones (excluding diaryl/α,β-unsaturated/α-hetero) is 1. The number of carbonyl (C=O) groups is 2. The minimum Gasteiger partial charge on any atom is -0.507 e. The van der Waals surface area contributed by atoms with Gasteiger partial charge in [-0.3, -0.25) is 9.59 Å². The Morgan fingerprint density at radius 3 is 1.94 bits per heavy atom. The zero-order valence-electron chi connectivity index (χ0n) is 35.1. The van der Waals surface area contributed by atoms with Gasteiger partial charge in [0.25, 0.3) is 0 Å². The average Bonchev–Trinajstić information content (AvgIpc) is 3.18. The third-order valence-corrected chi connectivity index (χ3v) is 8.86. The van der Waals surface area contributed by atoms with E-state index in [1.165, 1.54) is 64.5 Å². The summed E-state index contributed by atoms with van der Waals surface area (Å²) in [7, 11) is 0. The number of nitrogens with zero attached hydrogens (tertiary/aromatic N) is 2. The van der Waals surface area contributed by atoms with E-state index in [4.69, 9.17) is 14.6 Å². The van der Waals surface area contributed by atoms with Crippen molar-refractivity contribution in [1.29, 1.82) is 0 Å². The van der Waals surface area contributed by atoms with Gasteiger partial charge >= 0.3 is 0 Å². The highest BCUT2D eigenvalue weighted by molar-refractivity contribution is 9.10. The van der Waals surface area contributed by atoms with E-state index in [9.17, 15) is 9.59 Å². The Bertz CT molecular complexity index is 1160. The molecule has 2 aliphatic rings. The van der Waals surface area contributed by atoms with Gasteiger partial charge in [-0.1, -0.05) is 92.5 Å². The first-order valence-corrected chi connectivity index (χ1v) is 20.9. The summed E-state index contributed by atoms with van der Waals surface area (Å²) in [6, 6.07) is 15.5. The van der Waals surface area contributed by atoms with E-state index >= 15 is 0 Å². The minimum atomic E-state index is 0.0763. The van der Waals surface area contributed by atoms with Crippen molar-refractivity contribution in [2.75, 3.05) is 51.3 Å². The van der Waals surface area contributed by atoms with Gasteiger partial charge in [-0.25, -0.2) is 0 Å². The number of para-hydroxylation sites is 1. The van der Waals surface area contributed by atoms with Gasteiger partial charge in [0.1, 0.15) is 12.4 Å². The third kappa shape index (κ3) is 28.3. The molecule has 304 valence electrons. The Morgan fingerprint density at radius 2 is 1.51 bits per heavy atom. The number of likely N-dealkylation sites (tertiary alicyclic amines) is 1. The Morgan fingerprint density at radius 1 is 0.943 bits per heavy atom. The van der Waals surface area contributed by atoms with E-state index in [-0.39, 0.29) is 12.4 Å². The summed E-state index contributed by atoms with van der Waals surface area (Å²) >= 11 is 3.20. The second-order valence-electron chi connectivity index (χ2n) is 13.1. The molecule has 2 aromatic carbocycles. The number of phenolic OH excluding ortho intramolecular Hbond substituents is 1. The van der Waals surface area contributed by atoms with Gasteiger partial charge in [-0.15, -0.1) is 0 Å². The summed E-state index contributed by atoms with van der Waals surface area (Å²) in [4.78, 5) is 25.7. The van der Waals surface area contributed by atoms with Crippen LogP contribution in [0, 0.1) is 12.8 Å². The van der Waals surface area contributed by atoms with E-state index in [1.54, 1.807) is 13.0 Å². The predicted molar refractivity (Wildman–Crippen MR) is 230 cm³/mol. The van der Waals surface area contributed by atoms with Crippen molar-refractivity contribution in [3.8, 4) is 5.75 Å². The molecule has 4 rings (SSSR count). The molecule has 0 saturated carbocycles. The second kappa shape index (κ2) is 36.1. The smallest absolute Gasteiger partial charge is 0.211 e. The highest BCUT2D eigenvalue weighted by atomic mass is 79.9. The number of amides is 1. The second-order valence-corrected chi connectivity index (χ2v) is 13.9. The fraction of sp³-hybridized carbons (Fsp3) is 0.636. The number of hydrogen-bond acceptors (Lipinski definition) is 7. The van der Waals surface area contributed by atoms with Gasteiger partial charge in [0.15, 0.2) is 11.7 Å². The number of aryl methyl sites for hydroxylation is 1. The summed E-state index contributed by atoms with van der Waals surface area (Å²) in [6.07, 6.45) is 13.8. The molecule has 0 spiro atoms. The molecule has 0 unspecified atom stereocenters. The maximum absolute atomic E-state index is 10.9. The molecule has 0 atom stereocenters. The molecule has 0 radical (unpaired) electrons. The first-order chi connectivity index (χ1) is 25.6. The van der Waals surface area contributed by atoms with E-state index in [2.05, 4.69) is 78.7 Å². The number of ketones is 1. The quantitative estimate of drug-likeness (QED) is 0.154. The topological polar surface area (TPSA) is 91.3 Å². The lowest BCUT2D eigenvalue weighted by Gasteiger charge is -2.33. The molecule has 2 fully saturated rings. The minimum absolute atomic E-state index is 0.0763. The van der Waals surface area contributed by atoms with Crippen LogP contribution < -0.4 is 5.32 Å². The van der Waals surface area contributed by atoms with Crippen molar-refractivity contribution < 1.29 is 24.2 Å². The standard InChI is InChI=1S/C13H23NO2.C11H23NO.C7H7BrO.C7H7NO.C4H10.C2H6/c1-4-5-13(16-10-12(3)15)14-8-6-11(2)7-9-14;1-3-7-12(8-4-2)11-5-9-13-10-6-11;1-5-2-3-7(9)6(8)4-5;9-6-8-7-4-2-1-3-5-7;1-3-4-2;1-2/h5,11H,4,6-10H2,1-3H3;11H,3-10H2,1-2H3;2-4,9H,1H3;1-6H,(H,8,9);3-4H2,1-2H3;1-2H3. The molecule has 9 heteroatoms. The molecule has 2 aliphatic heterocycles. The highest BCUT2D eigenvalue weighted by Crippen LogP contribution is 2.23. The summed E-state index contributed by atoms with van der Waals surface area (Å²) in [5.74, 6) is 2.07. The monoisotopic (exact) mass is 805 g/mol. The van der Waals surface area contributed by atoms with Gasteiger partial charge in [0.05, 0.1) is 4.47 Å². The predicted octanol–water partition coefficient (Wildman–Crippen LogP) is 11.4. The van der Waals surface area contributed by atoms with Crippen molar-refractivity contribution in [1.82, 2.24) is 9.80 Å². The van der Waals surface area contributed by atoms with Crippen LogP contribution in [0.2, 0.25) is 0 Å². The lowest BCUT2D eigenvalue weighted by Crippen LogP contribution is -2.40. The van der Waals surface area contributed by atoms with Crippen molar-refractivity contribution in [2.45, 2.75) is 133 Å². The molecule has 2 N–H and O–H groups in total. The van der Waals surface area contributed by atoms with E-state index in [0.29, 0.717) is 12.2 Å².